The summed E-state index contributed by atoms with van der Waals surface area (Å²) in [6, 6.07) is 16.7. The van der Waals surface area contributed by atoms with E-state index in [9.17, 15) is 13.2 Å². The Bertz CT molecular complexity index is 1270. The quantitative estimate of drug-likeness (QED) is 0.448. The third-order valence-corrected chi connectivity index (χ3v) is 6.58. The van der Waals surface area contributed by atoms with E-state index in [0.717, 1.165) is 5.56 Å². The lowest BCUT2D eigenvalue weighted by Gasteiger charge is -2.14. The van der Waals surface area contributed by atoms with Crippen LogP contribution in [-0.2, 0) is 16.6 Å². The number of anilines is 1. The van der Waals surface area contributed by atoms with Gasteiger partial charge in [0.25, 0.3) is 15.9 Å². The van der Waals surface area contributed by atoms with Gasteiger partial charge >= 0.3 is 0 Å². The molecule has 3 aromatic rings. The fraction of sp³-hybridized carbons (Fsp3) is 0.240. The number of sulfonamides is 1. The van der Waals surface area contributed by atoms with Crippen molar-refractivity contribution in [1.29, 1.82) is 0 Å². The molecule has 0 aliphatic heterocycles. The minimum atomic E-state index is -3.96. The molecule has 8 nitrogen and oxygen atoms in total. The number of amides is 1. The standard InChI is InChI=1S/C25H28N2O6S/c1-5-33-22-13-11-18(14-23(22)32-4)16-26-25(28)19-12-10-17(2)24(15-19)34(29,30)27-20-8-6-7-9-21(20)31-3/h6-15,27H,5,16H2,1-4H3,(H,26,28). The van der Waals surface area contributed by atoms with Crippen LogP contribution in [0.1, 0.15) is 28.4 Å². The summed E-state index contributed by atoms with van der Waals surface area (Å²) in [5.41, 5.74) is 1.86. The highest BCUT2D eigenvalue weighted by Crippen LogP contribution is 2.29. The number of nitrogens with one attached hydrogen (secondary N) is 2. The number of carbonyl (C=O) groups excluding carboxylic acids is 1. The van der Waals surface area contributed by atoms with Crippen LogP contribution in [-0.4, -0.2) is 35.2 Å². The van der Waals surface area contributed by atoms with Gasteiger partial charge in [-0.25, -0.2) is 8.42 Å². The number of carbonyl (C=O) groups is 1. The average molecular weight is 485 g/mol. The number of ether oxygens (including phenoxy) is 3. The fourth-order valence-corrected chi connectivity index (χ4v) is 4.68. The second-order valence-electron chi connectivity index (χ2n) is 7.39. The van der Waals surface area contributed by atoms with Gasteiger partial charge < -0.3 is 19.5 Å². The molecule has 0 aromatic heterocycles. The van der Waals surface area contributed by atoms with Crippen LogP contribution < -0.4 is 24.2 Å². The summed E-state index contributed by atoms with van der Waals surface area (Å²) >= 11 is 0. The third kappa shape index (κ3) is 5.79. The van der Waals surface area contributed by atoms with E-state index in [1.165, 1.54) is 13.2 Å². The zero-order chi connectivity index (χ0) is 24.7. The Balaban J connectivity index is 1.78. The van der Waals surface area contributed by atoms with Crippen LogP contribution in [0.15, 0.2) is 65.6 Å². The number of methoxy groups -OCH3 is 2. The Kier molecular flexibility index (Phi) is 8.01. The number of rotatable bonds is 10. The molecule has 0 unspecified atom stereocenters. The van der Waals surface area contributed by atoms with Crippen LogP contribution >= 0.6 is 0 Å². The summed E-state index contributed by atoms with van der Waals surface area (Å²) in [5.74, 6) is 1.18. The van der Waals surface area contributed by atoms with E-state index in [-0.39, 0.29) is 17.0 Å². The van der Waals surface area contributed by atoms with Gasteiger partial charge in [0.15, 0.2) is 11.5 Å². The lowest BCUT2D eigenvalue weighted by molar-refractivity contribution is 0.0950. The zero-order valence-corrected chi connectivity index (χ0v) is 20.4. The number of benzene rings is 3. The SMILES string of the molecule is CCOc1ccc(CNC(=O)c2ccc(C)c(S(=O)(=O)Nc3ccccc3OC)c2)cc1OC. The lowest BCUT2D eigenvalue weighted by Crippen LogP contribution is -2.23. The Morgan fingerprint density at radius 1 is 0.912 bits per heavy atom. The van der Waals surface area contributed by atoms with Gasteiger partial charge in [0, 0.05) is 12.1 Å². The zero-order valence-electron chi connectivity index (χ0n) is 19.5. The molecule has 3 rings (SSSR count). The van der Waals surface area contributed by atoms with Crippen molar-refractivity contribution in [1.82, 2.24) is 5.32 Å². The molecule has 3 aromatic carbocycles. The van der Waals surface area contributed by atoms with Crippen molar-refractivity contribution in [2.45, 2.75) is 25.3 Å². The number of para-hydroxylation sites is 2. The van der Waals surface area contributed by atoms with Crippen LogP contribution in [0, 0.1) is 6.92 Å². The molecule has 0 atom stereocenters. The van der Waals surface area contributed by atoms with Crippen molar-refractivity contribution in [3.8, 4) is 17.2 Å². The number of hydrogen-bond donors (Lipinski definition) is 2. The van der Waals surface area contributed by atoms with E-state index < -0.39 is 15.9 Å². The van der Waals surface area contributed by atoms with E-state index in [1.54, 1.807) is 62.6 Å². The second-order valence-corrected chi connectivity index (χ2v) is 9.04. The van der Waals surface area contributed by atoms with E-state index >= 15 is 0 Å². The minimum Gasteiger partial charge on any atom is -0.495 e. The van der Waals surface area contributed by atoms with Gasteiger partial charge in [0.1, 0.15) is 5.75 Å². The van der Waals surface area contributed by atoms with Crippen LogP contribution in [0.5, 0.6) is 17.2 Å². The molecule has 0 saturated carbocycles. The summed E-state index contributed by atoms with van der Waals surface area (Å²) in [5, 5.41) is 2.81. The monoisotopic (exact) mass is 484 g/mol. The normalized spacial score (nSPS) is 10.9. The fourth-order valence-electron chi connectivity index (χ4n) is 3.34. The molecule has 0 fully saturated rings. The smallest absolute Gasteiger partial charge is 0.262 e. The molecular weight excluding hydrogens is 456 g/mol. The summed E-state index contributed by atoms with van der Waals surface area (Å²) in [6.45, 7) is 4.30. The largest absolute Gasteiger partial charge is 0.495 e. The molecule has 0 saturated heterocycles. The van der Waals surface area contributed by atoms with E-state index in [2.05, 4.69) is 10.0 Å². The van der Waals surface area contributed by atoms with Crippen molar-refractivity contribution in [2.75, 3.05) is 25.5 Å². The van der Waals surface area contributed by atoms with Crippen molar-refractivity contribution < 1.29 is 27.4 Å². The molecule has 180 valence electrons. The van der Waals surface area contributed by atoms with Crippen molar-refractivity contribution in [2.24, 2.45) is 0 Å². The molecular formula is C25H28N2O6S. The summed E-state index contributed by atoms with van der Waals surface area (Å²) in [4.78, 5) is 12.8. The molecule has 9 heteroatoms. The lowest BCUT2D eigenvalue weighted by atomic mass is 10.1. The second kappa shape index (κ2) is 10.9. The van der Waals surface area contributed by atoms with E-state index in [4.69, 9.17) is 14.2 Å². The first-order valence-electron chi connectivity index (χ1n) is 10.6. The maximum atomic E-state index is 13.1. The molecule has 0 bridgehead atoms. The molecule has 0 spiro atoms. The van der Waals surface area contributed by atoms with Crippen LogP contribution in [0.2, 0.25) is 0 Å². The Morgan fingerprint density at radius 2 is 1.65 bits per heavy atom. The Morgan fingerprint density at radius 3 is 2.35 bits per heavy atom. The molecule has 0 aliphatic rings. The first-order valence-corrected chi connectivity index (χ1v) is 12.1. The molecule has 1 amide bonds. The topological polar surface area (TPSA) is 103 Å². The van der Waals surface area contributed by atoms with E-state index in [1.807, 2.05) is 13.0 Å². The van der Waals surface area contributed by atoms with Crippen LogP contribution in [0.25, 0.3) is 0 Å². The maximum Gasteiger partial charge on any atom is 0.262 e. The third-order valence-electron chi connectivity index (χ3n) is 5.07. The van der Waals surface area contributed by atoms with E-state index in [0.29, 0.717) is 35.1 Å². The molecule has 0 radical (unpaired) electrons. The molecule has 0 aliphatic carbocycles. The Hall–Kier alpha value is -3.72. The molecule has 34 heavy (non-hydrogen) atoms. The van der Waals surface area contributed by atoms with Crippen molar-refractivity contribution in [3.63, 3.8) is 0 Å². The first kappa shape index (κ1) is 24.9. The van der Waals surface area contributed by atoms with Gasteiger partial charge in [-0.15, -0.1) is 0 Å². The van der Waals surface area contributed by atoms with Crippen LogP contribution in [0.4, 0.5) is 5.69 Å². The number of aryl methyl sites for hydroxylation is 1. The predicted molar refractivity (Wildman–Crippen MR) is 130 cm³/mol. The maximum absolute atomic E-state index is 13.1. The highest BCUT2D eigenvalue weighted by Gasteiger charge is 2.21. The summed E-state index contributed by atoms with van der Waals surface area (Å²) in [6.07, 6.45) is 0. The highest BCUT2D eigenvalue weighted by atomic mass is 32.2. The minimum absolute atomic E-state index is 0.00814. The van der Waals surface area contributed by atoms with Gasteiger partial charge in [-0.3, -0.25) is 9.52 Å². The van der Waals surface area contributed by atoms with Crippen molar-refractivity contribution in [3.05, 3.63) is 77.4 Å². The van der Waals surface area contributed by atoms with Crippen molar-refractivity contribution >= 4 is 21.6 Å². The van der Waals surface area contributed by atoms with Gasteiger partial charge in [-0.05, 0) is 61.4 Å². The predicted octanol–water partition coefficient (Wildman–Crippen LogP) is 4.14. The van der Waals surface area contributed by atoms with Gasteiger partial charge in [-0.2, -0.15) is 0 Å². The number of hydrogen-bond acceptors (Lipinski definition) is 6. The highest BCUT2D eigenvalue weighted by molar-refractivity contribution is 7.92. The van der Waals surface area contributed by atoms with Crippen LogP contribution in [0.3, 0.4) is 0 Å². The molecule has 2 N–H and O–H groups in total. The van der Waals surface area contributed by atoms with Gasteiger partial charge in [0.05, 0.1) is 31.4 Å². The van der Waals surface area contributed by atoms with Gasteiger partial charge in [0.2, 0.25) is 0 Å². The Labute approximate surface area is 199 Å². The summed E-state index contributed by atoms with van der Waals surface area (Å²) < 4.78 is 44.8. The average Bonchev–Trinajstić information content (AvgIpc) is 2.83. The summed E-state index contributed by atoms with van der Waals surface area (Å²) in [7, 11) is -0.949. The first-order chi connectivity index (χ1) is 16.3. The van der Waals surface area contributed by atoms with Gasteiger partial charge in [-0.1, -0.05) is 24.3 Å². The molecule has 0 heterocycles.